The fraction of sp³-hybridized carbons (Fsp3) is 0.250. The van der Waals surface area contributed by atoms with Gasteiger partial charge in [-0.2, -0.15) is 0 Å². The SMILES string of the molecule is Cc1ccc(C(=C2C3C=CC2C2C(=O)N(c4cc(C)c(C)cc4[N+](=O)[O-])C(=O)C32)c2ccc(C)cc2)cc1. The monoisotopic (exact) mass is 504 g/mol. The molecule has 0 spiro atoms. The number of hydrogen-bond donors (Lipinski definition) is 0. The van der Waals surface area contributed by atoms with Gasteiger partial charge in [0.15, 0.2) is 0 Å². The third-order valence-electron chi connectivity index (χ3n) is 8.41. The third kappa shape index (κ3) is 3.47. The van der Waals surface area contributed by atoms with Crippen LogP contribution in [0.15, 0.2) is 78.4 Å². The Labute approximate surface area is 221 Å². The van der Waals surface area contributed by atoms with E-state index < -0.39 is 16.8 Å². The maximum absolute atomic E-state index is 13.9. The Hall–Kier alpha value is -4.32. The summed E-state index contributed by atoms with van der Waals surface area (Å²) in [6.45, 7) is 7.71. The first kappa shape index (κ1) is 24.0. The molecule has 6 nitrogen and oxygen atoms in total. The summed E-state index contributed by atoms with van der Waals surface area (Å²) in [5, 5.41) is 11.9. The second kappa shape index (κ2) is 8.62. The Balaban J connectivity index is 1.49. The van der Waals surface area contributed by atoms with Gasteiger partial charge >= 0.3 is 0 Å². The van der Waals surface area contributed by atoms with Crippen LogP contribution < -0.4 is 4.90 Å². The molecule has 2 bridgehead atoms. The molecule has 1 heterocycles. The van der Waals surface area contributed by atoms with E-state index in [4.69, 9.17) is 0 Å². The molecule has 1 saturated heterocycles. The van der Waals surface area contributed by atoms with Gasteiger partial charge in [0.05, 0.1) is 16.8 Å². The molecule has 190 valence electrons. The molecular weight excluding hydrogens is 476 g/mol. The smallest absolute Gasteiger partial charge is 0.274 e. The Bertz CT molecular complexity index is 1500. The first-order valence-electron chi connectivity index (χ1n) is 12.9. The van der Waals surface area contributed by atoms with Crippen molar-refractivity contribution in [1.82, 2.24) is 0 Å². The van der Waals surface area contributed by atoms with Gasteiger partial charge in [-0.05, 0) is 67.2 Å². The third-order valence-corrected chi connectivity index (χ3v) is 8.41. The van der Waals surface area contributed by atoms with Gasteiger partial charge in [-0.25, -0.2) is 4.90 Å². The van der Waals surface area contributed by atoms with Gasteiger partial charge in [0.25, 0.3) is 5.69 Å². The second-order valence-electron chi connectivity index (χ2n) is 10.7. The minimum absolute atomic E-state index is 0.0738. The number of carbonyl (C=O) groups excluding carboxylic acids is 2. The van der Waals surface area contributed by atoms with Crippen molar-refractivity contribution in [3.63, 3.8) is 0 Å². The topological polar surface area (TPSA) is 80.5 Å². The summed E-state index contributed by atoms with van der Waals surface area (Å²) in [5.74, 6) is -2.33. The van der Waals surface area contributed by atoms with E-state index in [-0.39, 0.29) is 35.0 Å². The average Bonchev–Trinajstić information content (AvgIpc) is 3.52. The zero-order chi connectivity index (χ0) is 26.9. The van der Waals surface area contributed by atoms with Crippen LogP contribution in [0.2, 0.25) is 0 Å². The molecule has 1 saturated carbocycles. The molecule has 3 aromatic carbocycles. The molecular formula is C32H28N2O4. The number of hydrogen-bond acceptors (Lipinski definition) is 4. The maximum Gasteiger partial charge on any atom is 0.293 e. The number of allylic oxidation sites excluding steroid dienone is 3. The summed E-state index contributed by atoms with van der Waals surface area (Å²) in [6.07, 6.45) is 4.10. The zero-order valence-corrected chi connectivity index (χ0v) is 21.8. The van der Waals surface area contributed by atoms with Crippen LogP contribution in [0.25, 0.3) is 5.57 Å². The number of nitro benzene ring substituents is 1. The Morgan fingerprint density at radius 3 is 1.63 bits per heavy atom. The lowest BCUT2D eigenvalue weighted by Gasteiger charge is -2.22. The lowest BCUT2D eigenvalue weighted by molar-refractivity contribution is -0.384. The Kier molecular flexibility index (Phi) is 5.45. The van der Waals surface area contributed by atoms with E-state index in [2.05, 4.69) is 48.5 Å². The van der Waals surface area contributed by atoms with Gasteiger partial charge in [0.2, 0.25) is 11.8 Å². The van der Waals surface area contributed by atoms with E-state index in [1.165, 1.54) is 6.07 Å². The lowest BCUT2D eigenvalue weighted by Crippen LogP contribution is -2.34. The summed E-state index contributed by atoms with van der Waals surface area (Å²) in [5.41, 5.74) is 7.95. The molecule has 4 atom stereocenters. The van der Waals surface area contributed by atoms with Crippen LogP contribution in [0.1, 0.15) is 33.4 Å². The normalized spacial score (nSPS) is 23.4. The quantitative estimate of drug-likeness (QED) is 0.182. The van der Waals surface area contributed by atoms with Crippen molar-refractivity contribution in [2.45, 2.75) is 27.7 Å². The zero-order valence-electron chi connectivity index (χ0n) is 21.8. The number of nitrogens with zero attached hydrogens (tertiary/aromatic N) is 2. The van der Waals surface area contributed by atoms with Gasteiger partial charge in [-0.15, -0.1) is 0 Å². The molecule has 2 aliphatic carbocycles. The van der Waals surface area contributed by atoms with Crippen LogP contribution >= 0.6 is 0 Å². The molecule has 4 unspecified atom stereocenters. The van der Waals surface area contributed by atoms with Crippen LogP contribution in [0.5, 0.6) is 0 Å². The number of imide groups is 1. The molecule has 2 amide bonds. The summed E-state index contributed by atoms with van der Waals surface area (Å²) in [6, 6.07) is 19.7. The highest BCUT2D eigenvalue weighted by Crippen LogP contribution is 2.59. The summed E-state index contributed by atoms with van der Waals surface area (Å²) >= 11 is 0. The molecule has 1 aliphatic heterocycles. The van der Waals surface area contributed by atoms with E-state index in [0.717, 1.165) is 49.4 Å². The van der Waals surface area contributed by atoms with Crippen LogP contribution in [0.4, 0.5) is 11.4 Å². The molecule has 0 N–H and O–H groups in total. The number of aryl methyl sites for hydroxylation is 4. The fourth-order valence-corrected chi connectivity index (χ4v) is 6.39. The highest BCUT2D eigenvalue weighted by Gasteiger charge is 2.63. The van der Waals surface area contributed by atoms with Crippen LogP contribution in [-0.4, -0.2) is 16.7 Å². The van der Waals surface area contributed by atoms with Crippen molar-refractivity contribution < 1.29 is 14.5 Å². The molecule has 3 aromatic rings. The molecule has 6 rings (SSSR count). The molecule has 0 aromatic heterocycles. The van der Waals surface area contributed by atoms with Crippen molar-refractivity contribution in [3.05, 3.63) is 122 Å². The van der Waals surface area contributed by atoms with Crippen LogP contribution in [-0.2, 0) is 9.59 Å². The minimum Gasteiger partial charge on any atom is -0.274 e. The van der Waals surface area contributed by atoms with Gasteiger partial charge in [-0.1, -0.05) is 71.8 Å². The number of anilines is 1. The fourth-order valence-electron chi connectivity index (χ4n) is 6.39. The van der Waals surface area contributed by atoms with Gasteiger partial charge in [-0.3, -0.25) is 19.7 Å². The summed E-state index contributed by atoms with van der Waals surface area (Å²) < 4.78 is 0. The number of fused-ring (bicyclic) bond motifs is 5. The van der Waals surface area contributed by atoms with E-state index >= 15 is 0 Å². The maximum atomic E-state index is 13.9. The number of carbonyl (C=O) groups is 2. The van der Waals surface area contributed by atoms with E-state index in [0.29, 0.717) is 0 Å². The Morgan fingerprint density at radius 2 is 1.18 bits per heavy atom. The number of rotatable bonds is 4. The highest BCUT2D eigenvalue weighted by atomic mass is 16.6. The standard InChI is InChI=1S/C32H28N2O4/c1-17-5-9-21(10-6-17)27(22-11-7-18(2)8-12-22)28-23-13-14-24(28)30-29(23)31(35)33(32(30)36)25-15-19(3)20(4)16-26(25)34(37)38/h5-16,23-24,29-30H,1-4H3. The molecule has 3 aliphatic rings. The lowest BCUT2D eigenvalue weighted by atomic mass is 9.85. The average molecular weight is 505 g/mol. The number of amides is 2. The van der Waals surface area contributed by atoms with Crippen molar-refractivity contribution >= 4 is 28.8 Å². The van der Waals surface area contributed by atoms with Crippen molar-refractivity contribution in [3.8, 4) is 0 Å². The van der Waals surface area contributed by atoms with E-state index in [1.807, 2.05) is 32.9 Å². The van der Waals surface area contributed by atoms with Gasteiger partial charge < -0.3 is 0 Å². The summed E-state index contributed by atoms with van der Waals surface area (Å²) in [7, 11) is 0. The van der Waals surface area contributed by atoms with Crippen molar-refractivity contribution in [2.24, 2.45) is 23.7 Å². The largest absolute Gasteiger partial charge is 0.293 e. The van der Waals surface area contributed by atoms with Crippen molar-refractivity contribution in [2.75, 3.05) is 4.90 Å². The predicted octanol–water partition coefficient (Wildman–Crippen LogP) is 6.25. The molecule has 38 heavy (non-hydrogen) atoms. The number of benzene rings is 3. The molecule has 2 fully saturated rings. The minimum atomic E-state index is -0.570. The van der Waals surface area contributed by atoms with E-state index in [1.54, 1.807) is 13.0 Å². The van der Waals surface area contributed by atoms with Crippen LogP contribution in [0, 0.1) is 61.5 Å². The van der Waals surface area contributed by atoms with Crippen LogP contribution in [0.3, 0.4) is 0 Å². The molecule has 0 radical (unpaired) electrons. The first-order chi connectivity index (χ1) is 18.2. The van der Waals surface area contributed by atoms with Gasteiger partial charge in [0.1, 0.15) is 5.69 Å². The number of nitro groups is 1. The molecule has 6 heteroatoms. The van der Waals surface area contributed by atoms with Gasteiger partial charge in [0, 0.05) is 17.9 Å². The highest BCUT2D eigenvalue weighted by molar-refractivity contribution is 6.24. The van der Waals surface area contributed by atoms with Crippen molar-refractivity contribution in [1.29, 1.82) is 0 Å². The summed E-state index contributed by atoms with van der Waals surface area (Å²) in [4.78, 5) is 40.3. The first-order valence-corrected chi connectivity index (χ1v) is 12.9. The Morgan fingerprint density at radius 1 is 0.737 bits per heavy atom. The predicted molar refractivity (Wildman–Crippen MR) is 147 cm³/mol. The second-order valence-corrected chi connectivity index (χ2v) is 10.7. The van der Waals surface area contributed by atoms with E-state index in [9.17, 15) is 19.7 Å².